The van der Waals surface area contributed by atoms with Crippen LogP contribution in [0.4, 0.5) is 0 Å². The number of carbonyl (C=O) groups is 1. The first-order chi connectivity index (χ1) is 16.0. The Kier molecular flexibility index (Phi) is 24.7. The van der Waals surface area contributed by atoms with Crippen LogP contribution in [0.15, 0.2) is 0 Å². The molecule has 0 saturated heterocycles. The number of hydrogen-bond acceptors (Lipinski definition) is 6. The topological polar surface area (TPSA) is 68.2 Å². The molecule has 0 bridgehead atoms. The summed E-state index contributed by atoms with van der Waals surface area (Å²) >= 11 is 0. The zero-order valence-electron chi connectivity index (χ0n) is 22.2. The van der Waals surface area contributed by atoms with Crippen LogP contribution in [-0.2, 0) is 18.6 Å². The van der Waals surface area contributed by atoms with Gasteiger partial charge in [-0.15, -0.1) is 0 Å². The molecule has 0 aliphatic rings. The van der Waals surface area contributed by atoms with E-state index in [9.17, 15) is 9.69 Å². The molecule has 0 rings (SSSR count). The lowest BCUT2D eigenvalue weighted by molar-refractivity contribution is -0.150. The number of esters is 1. The van der Waals surface area contributed by atoms with Crippen LogP contribution < -0.4 is 0 Å². The van der Waals surface area contributed by atoms with Gasteiger partial charge in [0.2, 0.25) is 0 Å². The summed E-state index contributed by atoms with van der Waals surface area (Å²) in [6, 6.07) is 0. The molecule has 0 aliphatic heterocycles. The average molecular weight is 492 g/mol. The van der Waals surface area contributed by atoms with Gasteiger partial charge in [0.25, 0.3) is 0 Å². The first kappa shape index (κ1) is 32.7. The summed E-state index contributed by atoms with van der Waals surface area (Å²) in [5.41, 5.74) is 0. The quantitative estimate of drug-likeness (QED) is 0.0816. The largest absolute Gasteiger partial charge is 0.460 e. The number of carbonyl (C=O) groups excluding carboxylic acids is 1. The van der Waals surface area contributed by atoms with Gasteiger partial charge in [-0.05, 0) is 39.9 Å². The zero-order chi connectivity index (χ0) is 24.6. The van der Waals surface area contributed by atoms with Crippen molar-refractivity contribution in [3.63, 3.8) is 0 Å². The van der Waals surface area contributed by atoms with Crippen molar-refractivity contribution in [2.24, 2.45) is 0 Å². The van der Waals surface area contributed by atoms with Crippen molar-refractivity contribution in [1.82, 2.24) is 4.90 Å². The predicted octanol–water partition coefficient (Wildman–Crippen LogP) is 7.38. The Labute approximate surface area is 206 Å². The Bertz CT molecular complexity index is 425. The highest BCUT2D eigenvalue weighted by Crippen LogP contribution is 2.33. The van der Waals surface area contributed by atoms with Crippen LogP contribution in [-0.4, -0.2) is 55.7 Å². The maximum atomic E-state index is 11.7. The Balaban J connectivity index is 3.76. The van der Waals surface area contributed by atoms with E-state index in [1.165, 1.54) is 77.0 Å². The molecule has 0 heterocycles. The van der Waals surface area contributed by atoms with Gasteiger partial charge in [-0.1, -0.05) is 97.3 Å². The van der Waals surface area contributed by atoms with Gasteiger partial charge >= 0.3 is 14.6 Å². The molecule has 0 aromatic rings. The molecule has 33 heavy (non-hydrogen) atoms. The highest BCUT2D eigenvalue weighted by atomic mass is 31.2. The molecule has 0 radical (unpaired) electrons. The van der Waals surface area contributed by atoms with Gasteiger partial charge in [-0.25, -0.2) is 0 Å². The maximum Gasteiger partial charge on any atom is 0.329 e. The smallest absolute Gasteiger partial charge is 0.329 e. The van der Waals surface area contributed by atoms with Crippen LogP contribution >= 0.6 is 8.60 Å². The van der Waals surface area contributed by atoms with Crippen molar-refractivity contribution in [3.05, 3.63) is 0 Å². The molecule has 2 atom stereocenters. The van der Waals surface area contributed by atoms with Crippen molar-refractivity contribution in [3.8, 4) is 0 Å². The van der Waals surface area contributed by atoms with E-state index in [0.29, 0.717) is 13.0 Å². The summed E-state index contributed by atoms with van der Waals surface area (Å²) in [5.74, 6) is -0.219. The average Bonchev–Trinajstić information content (AvgIpc) is 2.80. The minimum atomic E-state index is -1.92. The number of hydrogen-bond donors (Lipinski definition) is 1. The molecular formula is C26H54NO5P. The van der Waals surface area contributed by atoms with Crippen LogP contribution in [0.5, 0.6) is 0 Å². The highest BCUT2D eigenvalue weighted by Gasteiger charge is 2.17. The molecule has 0 saturated carbocycles. The normalized spacial score (nSPS) is 13.4. The monoisotopic (exact) mass is 491 g/mol. The molecule has 0 aliphatic carbocycles. The molecule has 1 N–H and O–H groups in total. The van der Waals surface area contributed by atoms with E-state index >= 15 is 0 Å². The van der Waals surface area contributed by atoms with Crippen LogP contribution in [0, 0.1) is 0 Å². The van der Waals surface area contributed by atoms with Crippen molar-refractivity contribution in [1.29, 1.82) is 0 Å². The van der Waals surface area contributed by atoms with Gasteiger partial charge in [0, 0.05) is 6.42 Å². The summed E-state index contributed by atoms with van der Waals surface area (Å²) < 4.78 is 16.3. The van der Waals surface area contributed by atoms with E-state index < -0.39 is 8.60 Å². The van der Waals surface area contributed by atoms with Crippen molar-refractivity contribution in [2.75, 3.05) is 33.9 Å². The summed E-state index contributed by atoms with van der Waals surface area (Å²) in [6.07, 6.45) is 20.1. The molecule has 0 aromatic heterocycles. The van der Waals surface area contributed by atoms with Crippen LogP contribution in [0.1, 0.15) is 123 Å². The predicted molar refractivity (Wildman–Crippen MR) is 139 cm³/mol. The van der Waals surface area contributed by atoms with E-state index in [-0.39, 0.29) is 18.7 Å². The summed E-state index contributed by atoms with van der Waals surface area (Å²) in [5, 5.41) is 0. The summed E-state index contributed by atoms with van der Waals surface area (Å²) in [6.45, 7) is 5.61. The molecule has 0 aromatic carbocycles. The molecular weight excluding hydrogens is 437 g/mol. The molecule has 7 heteroatoms. The second-order valence-electron chi connectivity index (χ2n) is 9.37. The van der Waals surface area contributed by atoms with Crippen LogP contribution in [0.25, 0.3) is 0 Å². The van der Waals surface area contributed by atoms with Gasteiger partial charge < -0.3 is 23.6 Å². The third-order valence-corrected chi connectivity index (χ3v) is 6.56. The summed E-state index contributed by atoms with van der Waals surface area (Å²) in [7, 11) is 2.08. The lowest BCUT2D eigenvalue weighted by Crippen LogP contribution is -2.22. The van der Waals surface area contributed by atoms with E-state index in [1.54, 1.807) is 6.92 Å². The fraction of sp³-hybridized carbons (Fsp3) is 0.962. The highest BCUT2D eigenvalue weighted by molar-refractivity contribution is 7.40. The van der Waals surface area contributed by atoms with Crippen LogP contribution in [0.3, 0.4) is 0 Å². The number of unbranched alkanes of at least 4 members (excludes halogenated alkanes) is 13. The van der Waals surface area contributed by atoms with Gasteiger partial charge in [0.1, 0.15) is 6.10 Å². The second kappa shape index (κ2) is 24.9. The lowest BCUT2D eigenvalue weighted by Gasteiger charge is -2.19. The Hall–Kier alpha value is -0.260. The van der Waals surface area contributed by atoms with E-state index in [2.05, 4.69) is 11.8 Å². The Morgan fingerprint density at radius 3 is 1.79 bits per heavy atom. The third-order valence-electron chi connectivity index (χ3n) is 5.79. The molecule has 0 spiro atoms. The van der Waals surface area contributed by atoms with E-state index in [0.717, 1.165) is 32.2 Å². The first-order valence-electron chi connectivity index (χ1n) is 13.6. The van der Waals surface area contributed by atoms with Gasteiger partial charge in [-0.2, -0.15) is 0 Å². The second-order valence-corrected chi connectivity index (χ2v) is 10.4. The Morgan fingerprint density at radius 1 is 0.788 bits per heavy atom. The van der Waals surface area contributed by atoms with Gasteiger partial charge in [0.05, 0.1) is 13.2 Å². The zero-order valence-corrected chi connectivity index (χ0v) is 23.1. The molecule has 2 unspecified atom stereocenters. The molecule has 6 nitrogen and oxygen atoms in total. The minimum Gasteiger partial charge on any atom is -0.460 e. The first-order valence-corrected chi connectivity index (χ1v) is 14.7. The van der Waals surface area contributed by atoms with Gasteiger partial charge in [-0.3, -0.25) is 4.79 Å². The fourth-order valence-electron chi connectivity index (χ4n) is 3.72. The number of nitrogens with zero attached hydrogens (tertiary/aromatic N) is 1. The maximum absolute atomic E-state index is 11.7. The number of rotatable bonds is 25. The minimum absolute atomic E-state index is 0.195. The van der Waals surface area contributed by atoms with Crippen LogP contribution in [0.2, 0.25) is 0 Å². The summed E-state index contributed by atoms with van der Waals surface area (Å²) in [4.78, 5) is 23.7. The molecule has 0 amide bonds. The standard InChI is InChI=1S/C26H54NO5P/c1-5-7-8-9-10-11-12-13-14-15-16-17-18-19-21-25(32-26(28)6-2)24-31-33(29)30-23-20-22-27(3)4/h25,29H,5-24H2,1-4H3. The molecule has 198 valence electrons. The SMILES string of the molecule is CCCCCCCCCCCCCCCCC(COP(O)OCCCN(C)C)OC(=O)CC. The molecule has 0 fully saturated rings. The van der Waals surface area contributed by atoms with E-state index in [1.807, 2.05) is 14.1 Å². The number of ether oxygens (including phenoxy) is 1. The van der Waals surface area contributed by atoms with Crippen molar-refractivity contribution >= 4 is 14.6 Å². The van der Waals surface area contributed by atoms with Gasteiger partial charge in [0.15, 0.2) is 0 Å². The lowest BCUT2D eigenvalue weighted by atomic mass is 10.0. The van der Waals surface area contributed by atoms with E-state index in [4.69, 9.17) is 13.8 Å². The fourth-order valence-corrected chi connectivity index (χ4v) is 4.37. The third kappa shape index (κ3) is 24.7. The van der Waals surface area contributed by atoms with Crippen molar-refractivity contribution < 1.29 is 23.5 Å². The van der Waals surface area contributed by atoms with Crippen molar-refractivity contribution in [2.45, 2.75) is 129 Å². The Morgan fingerprint density at radius 2 is 1.30 bits per heavy atom.